The molecule has 0 fully saturated rings. The van der Waals surface area contributed by atoms with Gasteiger partial charge in [0.25, 0.3) is 0 Å². The van der Waals surface area contributed by atoms with Crippen molar-refractivity contribution in [3.8, 4) is 11.5 Å². The van der Waals surface area contributed by atoms with Gasteiger partial charge in [0, 0.05) is 11.5 Å². The molecule has 1 aliphatic heterocycles. The summed E-state index contributed by atoms with van der Waals surface area (Å²) in [6, 6.07) is 1.83. The molecule has 2 unspecified atom stereocenters. The molecule has 1 heterocycles. The van der Waals surface area contributed by atoms with Crippen molar-refractivity contribution < 1.29 is 9.84 Å². The first-order chi connectivity index (χ1) is 14.1. The van der Waals surface area contributed by atoms with Crippen LogP contribution in [0.4, 0.5) is 0 Å². The molecule has 0 bridgehead atoms. The zero-order valence-electron chi connectivity index (χ0n) is 20.5. The van der Waals surface area contributed by atoms with E-state index in [9.17, 15) is 5.11 Å². The SMILES string of the molecule is C=CC(C(C)CC/C=C(\C)CCCC(C)C)[C@@]1(C)CCc2c(C)c(O)cc(C)c2O1. The van der Waals surface area contributed by atoms with Gasteiger partial charge in [-0.2, -0.15) is 0 Å². The maximum absolute atomic E-state index is 10.2. The van der Waals surface area contributed by atoms with Crippen LogP contribution in [0.15, 0.2) is 30.4 Å². The summed E-state index contributed by atoms with van der Waals surface area (Å²) in [5.41, 5.74) is 4.42. The molecular weight excluding hydrogens is 368 g/mol. The van der Waals surface area contributed by atoms with Crippen LogP contribution in [0.3, 0.4) is 0 Å². The minimum atomic E-state index is -0.252. The number of ether oxygens (including phenoxy) is 1. The van der Waals surface area contributed by atoms with Crippen molar-refractivity contribution in [1.82, 2.24) is 0 Å². The Bertz CT molecular complexity index is 758. The van der Waals surface area contributed by atoms with Crippen LogP contribution < -0.4 is 4.74 Å². The predicted octanol–water partition coefficient (Wildman–Crippen LogP) is 8.08. The van der Waals surface area contributed by atoms with Gasteiger partial charge in [-0.1, -0.05) is 44.9 Å². The number of benzene rings is 1. The minimum Gasteiger partial charge on any atom is -0.508 e. The van der Waals surface area contributed by atoms with Crippen LogP contribution in [0, 0.1) is 31.6 Å². The molecule has 0 radical (unpaired) electrons. The van der Waals surface area contributed by atoms with Gasteiger partial charge in [0.15, 0.2) is 0 Å². The van der Waals surface area contributed by atoms with Gasteiger partial charge in [0.05, 0.1) is 0 Å². The van der Waals surface area contributed by atoms with Gasteiger partial charge in [-0.3, -0.25) is 0 Å². The predicted molar refractivity (Wildman–Crippen MR) is 129 cm³/mol. The Morgan fingerprint density at radius 2 is 1.97 bits per heavy atom. The average molecular weight is 413 g/mol. The second kappa shape index (κ2) is 10.6. The monoisotopic (exact) mass is 412 g/mol. The standard InChI is InChI=1S/C28H44O2/c1-9-25(21(5)15-11-14-20(4)13-10-12-19(2)3)28(8)17-16-24-23(7)26(29)18-22(6)27(24)30-28/h9,14,18-19,21,25,29H,1,10-13,15-17H2,2-8H3/b20-14+/t21?,25?,28-/m1/s1. The van der Waals surface area contributed by atoms with E-state index in [1.807, 2.05) is 19.9 Å². The van der Waals surface area contributed by atoms with Crippen molar-refractivity contribution in [3.05, 3.63) is 47.1 Å². The van der Waals surface area contributed by atoms with Crippen molar-refractivity contribution in [2.75, 3.05) is 0 Å². The molecule has 1 aliphatic rings. The van der Waals surface area contributed by atoms with Crippen LogP contribution in [0.2, 0.25) is 0 Å². The molecule has 168 valence electrons. The zero-order valence-corrected chi connectivity index (χ0v) is 20.5. The molecule has 1 aromatic carbocycles. The molecule has 0 aromatic heterocycles. The average Bonchev–Trinajstić information content (AvgIpc) is 2.66. The third-order valence-electron chi connectivity index (χ3n) is 7.07. The van der Waals surface area contributed by atoms with E-state index in [4.69, 9.17) is 4.74 Å². The van der Waals surface area contributed by atoms with Gasteiger partial charge in [0.1, 0.15) is 17.1 Å². The third-order valence-corrected chi connectivity index (χ3v) is 7.07. The highest BCUT2D eigenvalue weighted by atomic mass is 16.5. The first-order valence-electron chi connectivity index (χ1n) is 11.9. The number of phenolic OH excluding ortho intramolecular Hbond substituents is 1. The number of hydrogen-bond donors (Lipinski definition) is 1. The lowest BCUT2D eigenvalue weighted by atomic mass is 9.73. The summed E-state index contributed by atoms with van der Waals surface area (Å²) in [4.78, 5) is 0. The van der Waals surface area contributed by atoms with Crippen LogP contribution in [0.25, 0.3) is 0 Å². The van der Waals surface area contributed by atoms with Crippen molar-refractivity contribution in [3.63, 3.8) is 0 Å². The Morgan fingerprint density at radius 3 is 2.60 bits per heavy atom. The first kappa shape index (κ1) is 24.6. The summed E-state index contributed by atoms with van der Waals surface area (Å²) >= 11 is 0. The summed E-state index contributed by atoms with van der Waals surface area (Å²) in [6.45, 7) is 19.7. The summed E-state index contributed by atoms with van der Waals surface area (Å²) < 4.78 is 6.67. The molecule has 30 heavy (non-hydrogen) atoms. The van der Waals surface area contributed by atoms with Gasteiger partial charge in [-0.15, -0.1) is 6.58 Å². The van der Waals surface area contributed by atoms with Gasteiger partial charge in [-0.25, -0.2) is 0 Å². The van der Waals surface area contributed by atoms with E-state index < -0.39 is 0 Å². The Hall–Kier alpha value is -1.70. The lowest BCUT2D eigenvalue weighted by Gasteiger charge is -2.44. The Kier molecular flexibility index (Phi) is 8.64. The summed E-state index contributed by atoms with van der Waals surface area (Å²) in [7, 11) is 0. The highest BCUT2D eigenvalue weighted by molar-refractivity contribution is 5.53. The van der Waals surface area contributed by atoms with E-state index in [2.05, 4.69) is 53.3 Å². The highest BCUT2D eigenvalue weighted by Crippen LogP contribution is 2.45. The number of hydrogen-bond acceptors (Lipinski definition) is 2. The molecule has 3 atom stereocenters. The van der Waals surface area contributed by atoms with Crippen molar-refractivity contribution in [1.29, 1.82) is 0 Å². The summed E-state index contributed by atoms with van der Waals surface area (Å²) in [5.74, 6) is 2.95. The Labute approximate surface area is 185 Å². The van der Waals surface area contributed by atoms with Crippen molar-refractivity contribution in [2.45, 2.75) is 99.0 Å². The Balaban J connectivity index is 2.03. The molecule has 2 rings (SSSR count). The summed E-state index contributed by atoms with van der Waals surface area (Å²) in [6.07, 6.45) is 12.5. The van der Waals surface area contributed by atoms with E-state index in [-0.39, 0.29) is 5.60 Å². The van der Waals surface area contributed by atoms with Gasteiger partial charge < -0.3 is 9.84 Å². The summed E-state index contributed by atoms with van der Waals surface area (Å²) in [5, 5.41) is 10.2. The van der Waals surface area contributed by atoms with Crippen LogP contribution in [0.1, 0.15) is 89.8 Å². The number of fused-ring (bicyclic) bond motifs is 1. The topological polar surface area (TPSA) is 29.5 Å². The fourth-order valence-corrected chi connectivity index (χ4v) is 5.02. The largest absolute Gasteiger partial charge is 0.508 e. The number of phenols is 1. The Morgan fingerprint density at radius 1 is 1.27 bits per heavy atom. The molecule has 1 N–H and O–H groups in total. The first-order valence-corrected chi connectivity index (χ1v) is 11.9. The second-order valence-electron chi connectivity index (χ2n) is 10.2. The van der Waals surface area contributed by atoms with E-state index in [1.165, 1.54) is 30.4 Å². The minimum absolute atomic E-state index is 0.252. The molecule has 2 heteroatoms. The van der Waals surface area contributed by atoms with Crippen LogP contribution in [0.5, 0.6) is 11.5 Å². The van der Waals surface area contributed by atoms with Gasteiger partial charge in [0.2, 0.25) is 0 Å². The number of aromatic hydroxyl groups is 1. The zero-order chi connectivity index (χ0) is 22.5. The molecule has 0 amide bonds. The normalized spacial score (nSPS) is 21.1. The van der Waals surface area contributed by atoms with Crippen LogP contribution in [-0.2, 0) is 6.42 Å². The maximum Gasteiger partial charge on any atom is 0.126 e. The smallest absolute Gasteiger partial charge is 0.126 e. The maximum atomic E-state index is 10.2. The lowest BCUT2D eigenvalue weighted by molar-refractivity contribution is 0.00241. The van der Waals surface area contributed by atoms with Gasteiger partial charge >= 0.3 is 0 Å². The molecule has 0 saturated heterocycles. The number of allylic oxidation sites excluding steroid dienone is 2. The van der Waals surface area contributed by atoms with Crippen molar-refractivity contribution >= 4 is 0 Å². The highest BCUT2D eigenvalue weighted by Gasteiger charge is 2.41. The van der Waals surface area contributed by atoms with E-state index in [0.717, 1.165) is 48.5 Å². The van der Waals surface area contributed by atoms with E-state index >= 15 is 0 Å². The third kappa shape index (κ3) is 5.93. The fourth-order valence-electron chi connectivity index (χ4n) is 5.02. The van der Waals surface area contributed by atoms with Crippen molar-refractivity contribution in [2.24, 2.45) is 17.8 Å². The molecule has 0 aliphatic carbocycles. The molecule has 0 spiro atoms. The van der Waals surface area contributed by atoms with E-state index in [0.29, 0.717) is 17.6 Å². The number of aryl methyl sites for hydroxylation is 1. The van der Waals surface area contributed by atoms with Crippen LogP contribution in [-0.4, -0.2) is 10.7 Å². The van der Waals surface area contributed by atoms with Crippen LogP contribution >= 0.6 is 0 Å². The lowest BCUT2D eigenvalue weighted by Crippen LogP contribution is -2.45. The van der Waals surface area contributed by atoms with E-state index in [1.54, 1.807) is 0 Å². The molecular formula is C28H44O2. The fraction of sp³-hybridized carbons (Fsp3) is 0.643. The quantitative estimate of drug-likeness (QED) is 0.393. The molecule has 1 aromatic rings. The number of rotatable bonds is 10. The second-order valence-corrected chi connectivity index (χ2v) is 10.2. The van der Waals surface area contributed by atoms with Gasteiger partial charge in [-0.05, 0) is 95.2 Å². The molecule has 0 saturated carbocycles. The molecule has 2 nitrogen and oxygen atoms in total.